The second kappa shape index (κ2) is 4.40. The normalized spacial score (nSPS) is 11.8. The monoisotopic (exact) mass is 250 g/mol. The van der Waals surface area contributed by atoms with Gasteiger partial charge in [-0.15, -0.1) is 0 Å². The molecule has 0 spiro atoms. The zero-order valence-electron chi connectivity index (χ0n) is 10.6. The molecule has 1 aromatic carbocycles. The Kier molecular flexibility index (Phi) is 3.07. The lowest BCUT2D eigenvalue weighted by molar-refractivity contribution is 0.374. The predicted molar refractivity (Wildman–Crippen MR) is 64.5 cm³/mol. The fourth-order valence-electron chi connectivity index (χ4n) is 1.59. The summed E-state index contributed by atoms with van der Waals surface area (Å²) in [6.07, 6.45) is 0.649. The number of rotatable bonds is 2. The molecule has 1 heterocycles. The van der Waals surface area contributed by atoms with Crippen LogP contribution in [0, 0.1) is 11.2 Å². The zero-order valence-corrected chi connectivity index (χ0v) is 10.6. The van der Waals surface area contributed by atoms with Crippen molar-refractivity contribution in [3.05, 3.63) is 29.8 Å². The molecule has 0 amide bonds. The number of halogens is 1. The Balaban J connectivity index is 2.29. The van der Waals surface area contributed by atoms with Crippen LogP contribution in [-0.2, 0) is 6.42 Å². The van der Waals surface area contributed by atoms with Crippen molar-refractivity contribution in [1.29, 1.82) is 0 Å². The Morgan fingerprint density at radius 2 is 2.06 bits per heavy atom. The molecule has 1 aromatic heterocycles. The molecule has 4 nitrogen and oxygen atoms in total. The number of aromatic hydroxyl groups is 1. The van der Waals surface area contributed by atoms with Crippen molar-refractivity contribution < 1.29 is 14.0 Å². The van der Waals surface area contributed by atoms with Gasteiger partial charge in [-0.25, -0.2) is 4.39 Å². The smallest absolute Gasteiger partial charge is 0.260 e. The molecule has 2 aromatic rings. The number of aromatic nitrogens is 2. The largest absolute Gasteiger partial charge is 0.508 e. The first-order valence-electron chi connectivity index (χ1n) is 5.67. The van der Waals surface area contributed by atoms with E-state index in [4.69, 9.17) is 9.63 Å². The van der Waals surface area contributed by atoms with Crippen LogP contribution in [0.5, 0.6) is 5.75 Å². The first-order chi connectivity index (χ1) is 8.35. The van der Waals surface area contributed by atoms with Crippen LogP contribution in [0.2, 0.25) is 0 Å². The van der Waals surface area contributed by atoms with E-state index in [0.29, 0.717) is 12.2 Å². The summed E-state index contributed by atoms with van der Waals surface area (Å²) < 4.78 is 18.6. The molecule has 0 saturated carbocycles. The Morgan fingerprint density at radius 3 is 2.67 bits per heavy atom. The average molecular weight is 250 g/mol. The quantitative estimate of drug-likeness (QED) is 0.889. The highest BCUT2D eigenvalue weighted by molar-refractivity contribution is 5.55. The highest BCUT2D eigenvalue weighted by Gasteiger charge is 2.18. The van der Waals surface area contributed by atoms with Crippen molar-refractivity contribution in [3.63, 3.8) is 0 Å². The van der Waals surface area contributed by atoms with E-state index >= 15 is 0 Å². The van der Waals surface area contributed by atoms with Crippen molar-refractivity contribution >= 4 is 0 Å². The van der Waals surface area contributed by atoms with Gasteiger partial charge in [-0.1, -0.05) is 25.9 Å². The zero-order chi connectivity index (χ0) is 13.3. The molecule has 0 radical (unpaired) electrons. The molecule has 18 heavy (non-hydrogen) atoms. The molecule has 96 valence electrons. The minimum Gasteiger partial charge on any atom is -0.508 e. The molecule has 5 heteroatoms. The number of phenols is 1. The maximum Gasteiger partial charge on any atom is 0.260 e. The van der Waals surface area contributed by atoms with Gasteiger partial charge >= 0.3 is 0 Å². The highest BCUT2D eigenvalue weighted by Crippen LogP contribution is 2.26. The summed E-state index contributed by atoms with van der Waals surface area (Å²) in [6, 6.07) is 3.81. The summed E-state index contributed by atoms with van der Waals surface area (Å²) in [4.78, 5) is 4.16. The average Bonchev–Trinajstić information content (AvgIpc) is 2.63. The topological polar surface area (TPSA) is 59.2 Å². The standard InChI is InChI=1S/C13H15FN2O2/c1-13(2,3)7-11-15-12(18-16-11)9-5-4-8(17)6-10(9)14/h4-6,17H,7H2,1-3H3. The van der Waals surface area contributed by atoms with Crippen molar-refractivity contribution in [2.75, 3.05) is 0 Å². The minimum atomic E-state index is -0.582. The highest BCUT2D eigenvalue weighted by atomic mass is 19.1. The predicted octanol–water partition coefficient (Wildman–Crippen LogP) is 3.17. The molecule has 0 atom stereocenters. The molecular formula is C13H15FN2O2. The van der Waals surface area contributed by atoms with E-state index in [1.54, 1.807) is 0 Å². The lowest BCUT2D eigenvalue weighted by Crippen LogP contribution is -2.10. The summed E-state index contributed by atoms with van der Waals surface area (Å²) in [5.41, 5.74) is 0.231. The van der Waals surface area contributed by atoms with E-state index in [1.165, 1.54) is 12.1 Å². The van der Waals surface area contributed by atoms with Gasteiger partial charge in [0.2, 0.25) is 0 Å². The van der Waals surface area contributed by atoms with Crippen LogP contribution in [0.3, 0.4) is 0 Å². The van der Waals surface area contributed by atoms with E-state index in [0.717, 1.165) is 6.07 Å². The van der Waals surface area contributed by atoms with E-state index in [2.05, 4.69) is 30.9 Å². The van der Waals surface area contributed by atoms with Gasteiger partial charge in [-0.3, -0.25) is 0 Å². The molecule has 0 fully saturated rings. The van der Waals surface area contributed by atoms with Crippen molar-refractivity contribution in [2.45, 2.75) is 27.2 Å². The molecule has 0 bridgehead atoms. The second-order valence-electron chi connectivity index (χ2n) is 5.42. The van der Waals surface area contributed by atoms with E-state index < -0.39 is 5.82 Å². The fraction of sp³-hybridized carbons (Fsp3) is 0.385. The van der Waals surface area contributed by atoms with Gasteiger partial charge in [-0.05, 0) is 17.5 Å². The lowest BCUT2D eigenvalue weighted by atomic mass is 9.92. The summed E-state index contributed by atoms with van der Waals surface area (Å²) in [5.74, 6) is -0.0386. The van der Waals surface area contributed by atoms with Gasteiger partial charge in [0.15, 0.2) is 5.82 Å². The molecule has 2 rings (SSSR count). The summed E-state index contributed by atoms with van der Waals surface area (Å²) in [5, 5.41) is 13.0. The van der Waals surface area contributed by atoms with Gasteiger partial charge in [0.1, 0.15) is 11.6 Å². The third-order valence-electron chi connectivity index (χ3n) is 2.34. The van der Waals surface area contributed by atoms with Crippen LogP contribution in [0.25, 0.3) is 11.5 Å². The summed E-state index contributed by atoms with van der Waals surface area (Å²) >= 11 is 0. The van der Waals surface area contributed by atoms with Crippen LogP contribution in [0.15, 0.2) is 22.7 Å². The first kappa shape index (κ1) is 12.5. The number of hydrogen-bond donors (Lipinski definition) is 1. The first-order valence-corrected chi connectivity index (χ1v) is 5.67. The molecule has 0 aliphatic carbocycles. The Morgan fingerprint density at radius 1 is 1.33 bits per heavy atom. The molecule has 1 N–H and O–H groups in total. The number of benzene rings is 1. The van der Waals surface area contributed by atoms with E-state index in [1.807, 2.05) is 0 Å². The van der Waals surface area contributed by atoms with Gasteiger partial charge in [0.05, 0.1) is 5.56 Å². The molecule has 0 aliphatic heterocycles. The van der Waals surface area contributed by atoms with E-state index in [9.17, 15) is 4.39 Å². The maximum atomic E-state index is 13.6. The van der Waals surface area contributed by atoms with Crippen molar-refractivity contribution in [3.8, 4) is 17.2 Å². The van der Waals surface area contributed by atoms with Gasteiger partial charge in [0, 0.05) is 12.5 Å². The van der Waals surface area contributed by atoms with Gasteiger partial charge < -0.3 is 9.63 Å². The van der Waals surface area contributed by atoms with Gasteiger partial charge in [0.25, 0.3) is 5.89 Å². The number of hydrogen-bond acceptors (Lipinski definition) is 4. The summed E-state index contributed by atoms with van der Waals surface area (Å²) in [7, 11) is 0. The van der Waals surface area contributed by atoms with Crippen LogP contribution in [0.4, 0.5) is 4.39 Å². The van der Waals surface area contributed by atoms with Crippen LogP contribution >= 0.6 is 0 Å². The molecular weight excluding hydrogens is 235 g/mol. The minimum absolute atomic E-state index is 0.0364. The molecule has 0 aliphatic rings. The number of phenolic OH excluding ortho intramolecular Hbond substituents is 1. The fourth-order valence-corrected chi connectivity index (χ4v) is 1.59. The van der Waals surface area contributed by atoms with Crippen LogP contribution in [-0.4, -0.2) is 15.2 Å². The van der Waals surface area contributed by atoms with Crippen molar-refractivity contribution in [2.24, 2.45) is 5.41 Å². The second-order valence-corrected chi connectivity index (χ2v) is 5.42. The SMILES string of the molecule is CC(C)(C)Cc1noc(-c2ccc(O)cc2F)n1. The van der Waals surface area contributed by atoms with Gasteiger partial charge in [-0.2, -0.15) is 4.98 Å². The molecule has 0 unspecified atom stereocenters. The lowest BCUT2D eigenvalue weighted by Gasteiger charge is -2.14. The Hall–Kier alpha value is -1.91. The van der Waals surface area contributed by atoms with Crippen LogP contribution < -0.4 is 0 Å². The third kappa shape index (κ3) is 2.85. The third-order valence-corrected chi connectivity index (χ3v) is 2.34. The van der Waals surface area contributed by atoms with Crippen LogP contribution in [0.1, 0.15) is 26.6 Å². The molecule has 0 saturated heterocycles. The van der Waals surface area contributed by atoms with E-state index in [-0.39, 0.29) is 22.6 Å². The number of nitrogens with zero attached hydrogens (tertiary/aromatic N) is 2. The Labute approximate surface area is 104 Å². The maximum absolute atomic E-state index is 13.6. The Bertz CT molecular complexity index is 558. The summed E-state index contributed by atoms with van der Waals surface area (Å²) in [6.45, 7) is 6.18. The van der Waals surface area contributed by atoms with Crippen molar-refractivity contribution in [1.82, 2.24) is 10.1 Å².